The van der Waals surface area contributed by atoms with Crippen molar-refractivity contribution in [3.8, 4) is 0 Å². The van der Waals surface area contributed by atoms with Gasteiger partial charge in [-0.2, -0.15) is 0 Å². The van der Waals surface area contributed by atoms with Crippen LogP contribution in [0.25, 0.3) is 0 Å². The number of nitrogens with one attached hydrogen (secondary N) is 1. The molecule has 5 nitrogen and oxygen atoms in total. The second kappa shape index (κ2) is 4.59. The molecule has 0 aliphatic rings. The summed E-state index contributed by atoms with van der Waals surface area (Å²) in [5, 5.41) is 2.64. The minimum atomic E-state index is -0.335. The van der Waals surface area contributed by atoms with Gasteiger partial charge in [-0.05, 0) is 18.2 Å². The van der Waals surface area contributed by atoms with Gasteiger partial charge in [-0.3, -0.25) is 4.79 Å². The Morgan fingerprint density at radius 3 is 3.00 bits per heavy atom. The summed E-state index contributed by atoms with van der Waals surface area (Å²) < 4.78 is 4.97. The molecule has 16 heavy (non-hydrogen) atoms. The lowest BCUT2D eigenvalue weighted by molar-refractivity contribution is 0.0996. The number of hydrogen-bond acceptors (Lipinski definition) is 4. The first-order valence-corrected chi connectivity index (χ1v) is 4.80. The quantitative estimate of drug-likeness (QED) is 0.813. The summed E-state index contributed by atoms with van der Waals surface area (Å²) in [5.74, 6) is 0.374. The molecule has 2 aromatic rings. The number of nitrogens with zero attached hydrogens (tertiary/aromatic N) is 1. The normalized spacial score (nSPS) is 10.1. The van der Waals surface area contributed by atoms with Crippen LogP contribution in [0, 0.1) is 0 Å². The lowest BCUT2D eigenvalue weighted by Gasteiger charge is -2.06. The van der Waals surface area contributed by atoms with Crippen molar-refractivity contribution in [3.63, 3.8) is 0 Å². The number of carbonyl (C=O) groups excluding carboxylic acids is 1. The van der Waals surface area contributed by atoms with Gasteiger partial charge < -0.3 is 15.5 Å². The molecule has 5 heteroatoms. The first-order chi connectivity index (χ1) is 7.81. The highest BCUT2D eigenvalue weighted by Crippen LogP contribution is 2.12. The monoisotopic (exact) mass is 217 g/mol. The zero-order chi connectivity index (χ0) is 11.4. The summed E-state index contributed by atoms with van der Waals surface area (Å²) in [6.45, 7) is 0.321. The summed E-state index contributed by atoms with van der Waals surface area (Å²) in [6.07, 6.45) is 3.04. The Labute approximate surface area is 92.3 Å². The van der Waals surface area contributed by atoms with Crippen molar-refractivity contribution in [2.75, 3.05) is 5.32 Å². The minimum absolute atomic E-state index is 0.244. The average Bonchev–Trinajstić information content (AvgIpc) is 2.83. The molecule has 82 valence electrons. The molecule has 2 rings (SSSR count). The topological polar surface area (TPSA) is 81.1 Å². The fourth-order valence-electron chi connectivity index (χ4n) is 1.29. The Morgan fingerprint density at radius 1 is 1.44 bits per heavy atom. The molecule has 0 saturated carbocycles. The Bertz CT molecular complexity index is 480. The lowest BCUT2D eigenvalue weighted by atomic mass is 10.2. The van der Waals surface area contributed by atoms with Crippen molar-refractivity contribution in [2.24, 2.45) is 5.73 Å². The van der Waals surface area contributed by atoms with Crippen LogP contribution in [0.1, 0.15) is 16.1 Å². The smallest absolute Gasteiger partial charge is 0.292 e. The fraction of sp³-hybridized carbons (Fsp3) is 0.0909. The highest BCUT2D eigenvalue weighted by atomic mass is 16.3. The highest BCUT2D eigenvalue weighted by Gasteiger charge is 2.11. The van der Waals surface area contributed by atoms with E-state index in [1.54, 1.807) is 24.4 Å². The van der Waals surface area contributed by atoms with Crippen molar-refractivity contribution in [1.82, 2.24) is 4.98 Å². The van der Waals surface area contributed by atoms with E-state index in [9.17, 15) is 4.79 Å². The van der Waals surface area contributed by atoms with Gasteiger partial charge in [0.15, 0.2) is 5.76 Å². The lowest BCUT2D eigenvalue weighted by Crippen LogP contribution is -2.14. The molecular formula is C11H11N3O2. The Balaban J connectivity index is 2.18. The molecule has 0 spiro atoms. The van der Waals surface area contributed by atoms with Crippen molar-refractivity contribution in [1.29, 1.82) is 0 Å². The predicted octanol–water partition coefficient (Wildman–Crippen LogP) is 1.39. The van der Waals surface area contributed by atoms with E-state index in [1.807, 2.05) is 6.07 Å². The van der Waals surface area contributed by atoms with E-state index in [2.05, 4.69) is 10.3 Å². The van der Waals surface area contributed by atoms with E-state index in [0.29, 0.717) is 12.4 Å². The van der Waals surface area contributed by atoms with E-state index in [0.717, 1.165) is 5.56 Å². The Hall–Kier alpha value is -2.14. The summed E-state index contributed by atoms with van der Waals surface area (Å²) in [4.78, 5) is 15.7. The molecule has 1 amide bonds. The molecule has 0 radical (unpaired) electrons. The van der Waals surface area contributed by atoms with Gasteiger partial charge in [0.25, 0.3) is 5.91 Å². The second-order valence-corrected chi connectivity index (χ2v) is 3.15. The van der Waals surface area contributed by atoms with E-state index >= 15 is 0 Å². The van der Waals surface area contributed by atoms with Crippen molar-refractivity contribution >= 4 is 11.7 Å². The van der Waals surface area contributed by atoms with E-state index in [1.165, 1.54) is 6.26 Å². The fourth-order valence-corrected chi connectivity index (χ4v) is 1.29. The third-order valence-corrected chi connectivity index (χ3v) is 2.09. The van der Waals surface area contributed by atoms with Crippen LogP contribution in [0.4, 0.5) is 5.82 Å². The first kappa shape index (κ1) is 10.4. The standard InChI is InChI=1S/C11H11N3O2/c12-7-8-3-1-5-13-10(8)14-11(15)9-4-2-6-16-9/h1-6H,7,12H2,(H,13,14,15). The van der Waals surface area contributed by atoms with Crippen LogP contribution in [-0.2, 0) is 6.54 Å². The molecular weight excluding hydrogens is 206 g/mol. The summed E-state index contributed by atoms with van der Waals surface area (Å²) >= 11 is 0. The van der Waals surface area contributed by atoms with Gasteiger partial charge >= 0.3 is 0 Å². The molecule has 3 N–H and O–H groups in total. The number of furan rings is 1. The predicted molar refractivity (Wildman–Crippen MR) is 58.8 cm³/mol. The summed E-state index contributed by atoms with van der Waals surface area (Å²) in [5.41, 5.74) is 6.31. The molecule has 0 atom stereocenters. The van der Waals surface area contributed by atoms with Gasteiger partial charge in [0.1, 0.15) is 5.82 Å². The number of carbonyl (C=O) groups is 1. The van der Waals surface area contributed by atoms with E-state index < -0.39 is 0 Å². The molecule has 0 unspecified atom stereocenters. The number of amides is 1. The molecule has 0 aliphatic heterocycles. The molecule has 2 aromatic heterocycles. The number of pyridine rings is 1. The SMILES string of the molecule is NCc1cccnc1NC(=O)c1ccco1. The molecule has 0 aromatic carbocycles. The van der Waals surface area contributed by atoms with Gasteiger partial charge in [0.05, 0.1) is 6.26 Å². The number of nitrogens with two attached hydrogens (primary N) is 1. The zero-order valence-corrected chi connectivity index (χ0v) is 8.51. The maximum atomic E-state index is 11.7. The van der Waals surface area contributed by atoms with E-state index in [4.69, 9.17) is 10.2 Å². The first-order valence-electron chi connectivity index (χ1n) is 4.80. The van der Waals surface area contributed by atoms with Gasteiger partial charge in [-0.25, -0.2) is 4.98 Å². The highest BCUT2D eigenvalue weighted by molar-refractivity contribution is 6.01. The molecule has 2 heterocycles. The number of rotatable bonds is 3. The molecule has 0 bridgehead atoms. The van der Waals surface area contributed by atoms with Gasteiger partial charge in [-0.15, -0.1) is 0 Å². The van der Waals surface area contributed by atoms with Crippen LogP contribution >= 0.6 is 0 Å². The average molecular weight is 217 g/mol. The summed E-state index contributed by atoms with van der Waals surface area (Å²) in [7, 11) is 0. The van der Waals surface area contributed by atoms with Crippen molar-refractivity contribution in [3.05, 3.63) is 48.0 Å². The zero-order valence-electron chi connectivity index (χ0n) is 8.51. The summed E-state index contributed by atoms with van der Waals surface area (Å²) in [6, 6.07) is 6.81. The third-order valence-electron chi connectivity index (χ3n) is 2.09. The van der Waals surface area contributed by atoms with Crippen LogP contribution in [0.15, 0.2) is 41.1 Å². The number of aromatic nitrogens is 1. The van der Waals surface area contributed by atoms with Crippen LogP contribution in [-0.4, -0.2) is 10.9 Å². The molecule has 0 saturated heterocycles. The van der Waals surface area contributed by atoms with Crippen molar-refractivity contribution < 1.29 is 9.21 Å². The van der Waals surface area contributed by atoms with Crippen LogP contribution < -0.4 is 11.1 Å². The molecule has 0 fully saturated rings. The van der Waals surface area contributed by atoms with Crippen LogP contribution in [0.2, 0.25) is 0 Å². The van der Waals surface area contributed by atoms with Gasteiger partial charge in [0.2, 0.25) is 0 Å². The number of anilines is 1. The number of hydrogen-bond donors (Lipinski definition) is 2. The van der Waals surface area contributed by atoms with Crippen molar-refractivity contribution in [2.45, 2.75) is 6.54 Å². The maximum Gasteiger partial charge on any atom is 0.292 e. The Kier molecular flexibility index (Phi) is 2.98. The van der Waals surface area contributed by atoms with Crippen LogP contribution in [0.5, 0.6) is 0 Å². The second-order valence-electron chi connectivity index (χ2n) is 3.15. The van der Waals surface area contributed by atoms with Gasteiger partial charge in [-0.1, -0.05) is 6.07 Å². The van der Waals surface area contributed by atoms with Gasteiger partial charge in [0, 0.05) is 18.3 Å². The van der Waals surface area contributed by atoms with Crippen LogP contribution in [0.3, 0.4) is 0 Å². The third kappa shape index (κ3) is 2.09. The minimum Gasteiger partial charge on any atom is -0.459 e. The Morgan fingerprint density at radius 2 is 2.31 bits per heavy atom. The molecule has 0 aliphatic carbocycles. The largest absolute Gasteiger partial charge is 0.459 e. The van der Waals surface area contributed by atoms with E-state index in [-0.39, 0.29) is 11.7 Å². The maximum absolute atomic E-state index is 11.7.